The molecule has 3 aromatic heterocycles. The summed E-state index contributed by atoms with van der Waals surface area (Å²) in [5.74, 6) is 2.34. The first-order chi connectivity index (χ1) is 13.1. The summed E-state index contributed by atoms with van der Waals surface area (Å²) in [4.78, 5) is 27.2. The second kappa shape index (κ2) is 6.98. The van der Waals surface area contributed by atoms with Crippen molar-refractivity contribution in [2.75, 3.05) is 16.8 Å². The maximum atomic E-state index is 12.3. The summed E-state index contributed by atoms with van der Waals surface area (Å²) in [7, 11) is 0. The smallest absolute Gasteiger partial charge is 0.227 e. The molecule has 140 valence electrons. The van der Waals surface area contributed by atoms with Crippen LogP contribution in [0.25, 0.3) is 10.9 Å². The van der Waals surface area contributed by atoms with Crippen LogP contribution in [0.3, 0.4) is 0 Å². The van der Waals surface area contributed by atoms with Gasteiger partial charge in [0, 0.05) is 49.1 Å². The molecule has 0 bridgehead atoms. The quantitative estimate of drug-likeness (QED) is 0.741. The minimum atomic E-state index is 0.192. The Balaban J connectivity index is 1.78. The Kier molecular flexibility index (Phi) is 4.51. The van der Waals surface area contributed by atoms with Gasteiger partial charge in [-0.15, -0.1) is 0 Å². The number of hydrogen-bond acceptors (Lipinski definition) is 5. The lowest BCUT2D eigenvalue weighted by Crippen LogP contribution is -2.23. The van der Waals surface area contributed by atoms with Crippen LogP contribution in [0, 0.1) is 6.92 Å². The normalized spacial score (nSPS) is 15.5. The Morgan fingerprint density at radius 1 is 1.30 bits per heavy atom. The monoisotopic (exact) mass is 364 g/mol. The molecule has 1 N–H and O–H groups in total. The highest BCUT2D eigenvalue weighted by Crippen LogP contribution is 2.35. The number of nitrogens with one attached hydrogen (secondary N) is 1. The van der Waals surface area contributed by atoms with Gasteiger partial charge in [-0.05, 0) is 32.8 Å². The van der Waals surface area contributed by atoms with E-state index in [0.717, 1.165) is 41.8 Å². The van der Waals surface area contributed by atoms with E-state index in [0.29, 0.717) is 24.1 Å². The highest BCUT2D eigenvalue weighted by atomic mass is 16.2. The summed E-state index contributed by atoms with van der Waals surface area (Å²) in [6.07, 6.45) is 8.22. The molecule has 0 radical (unpaired) electrons. The fraction of sp³-hybridized carbons (Fsp3) is 0.400. The number of aromatic nitrogens is 4. The number of carbonyl (C=O) groups is 1. The van der Waals surface area contributed by atoms with Crippen LogP contribution in [0.5, 0.6) is 0 Å². The van der Waals surface area contributed by atoms with Crippen molar-refractivity contribution in [3.63, 3.8) is 0 Å². The van der Waals surface area contributed by atoms with E-state index in [-0.39, 0.29) is 5.91 Å². The number of nitrogens with zero attached hydrogens (tertiary/aromatic N) is 5. The Hall–Kier alpha value is -2.96. The van der Waals surface area contributed by atoms with E-state index < -0.39 is 0 Å². The molecule has 0 aromatic carbocycles. The van der Waals surface area contributed by atoms with Gasteiger partial charge in [0.1, 0.15) is 17.5 Å². The lowest BCUT2D eigenvalue weighted by Gasteiger charge is -2.14. The van der Waals surface area contributed by atoms with Crippen LogP contribution >= 0.6 is 0 Å². The molecule has 27 heavy (non-hydrogen) atoms. The third-order valence-corrected chi connectivity index (χ3v) is 5.16. The number of amides is 1. The summed E-state index contributed by atoms with van der Waals surface area (Å²) in [5, 5.41) is 4.26. The molecule has 0 spiro atoms. The van der Waals surface area contributed by atoms with Gasteiger partial charge in [0.15, 0.2) is 0 Å². The molecule has 1 aliphatic heterocycles. The molecule has 7 nitrogen and oxygen atoms in total. The van der Waals surface area contributed by atoms with E-state index >= 15 is 0 Å². The molecule has 1 amide bonds. The van der Waals surface area contributed by atoms with Crippen LogP contribution in [0.1, 0.15) is 45.0 Å². The van der Waals surface area contributed by atoms with Crippen molar-refractivity contribution >= 4 is 34.1 Å². The fourth-order valence-electron chi connectivity index (χ4n) is 3.53. The van der Waals surface area contributed by atoms with Crippen LogP contribution in [0.2, 0.25) is 0 Å². The summed E-state index contributed by atoms with van der Waals surface area (Å²) >= 11 is 0. The molecular weight excluding hydrogens is 340 g/mol. The van der Waals surface area contributed by atoms with Gasteiger partial charge >= 0.3 is 0 Å². The van der Waals surface area contributed by atoms with Gasteiger partial charge in [-0.25, -0.2) is 15.0 Å². The van der Waals surface area contributed by atoms with Crippen LogP contribution in [0.4, 0.5) is 17.3 Å². The third kappa shape index (κ3) is 3.25. The molecule has 0 aliphatic carbocycles. The van der Waals surface area contributed by atoms with Gasteiger partial charge in [0.25, 0.3) is 0 Å². The Morgan fingerprint density at radius 2 is 2.15 bits per heavy atom. The van der Waals surface area contributed by atoms with Crippen molar-refractivity contribution in [1.82, 2.24) is 19.5 Å². The molecule has 1 saturated heterocycles. The zero-order valence-electron chi connectivity index (χ0n) is 15.9. The van der Waals surface area contributed by atoms with E-state index in [1.54, 1.807) is 6.20 Å². The molecule has 1 fully saturated rings. The van der Waals surface area contributed by atoms with Crippen molar-refractivity contribution < 1.29 is 4.79 Å². The average molecular weight is 364 g/mol. The molecule has 1 unspecified atom stereocenters. The predicted molar refractivity (Wildman–Crippen MR) is 106 cm³/mol. The van der Waals surface area contributed by atoms with Crippen molar-refractivity contribution in [3.8, 4) is 0 Å². The SMILES string of the molecule is CCC(C)n1cc(N2CCCC2=O)c2cnc(Nc3ccnc(C)n3)cc21. The first kappa shape index (κ1) is 17.5. The molecular formula is C20H24N6O. The van der Waals surface area contributed by atoms with E-state index in [2.05, 4.69) is 44.9 Å². The van der Waals surface area contributed by atoms with Crippen molar-refractivity contribution in [3.05, 3.63) is 36.5 Å². The van der Waals surface area contributed by atoms with Crippen LogP contribution in [-0.2, 0) is 4.79 Å². The second-order valence-electron chi connectivity index (χ2n) is 7.03. The van der Waals surface area contributed by atoms with Gasteiger partial charge in [0.05, 0.1) is 11.2 Å². The van der Waals surface area contributed by atoms with Gasteiger partial charge in [-0.1, -0.05) is 6.92 Å². The number of anilines is 3. The minimum absolute atomic E-state index is 0.192. The van der Waals surface area contributed by atoms with E-state index in [1.165, 1.54) is 0 Å². The van der Waals surface area contributed by atoms with Crippen LogP contribution in [-0.4, -0.2) is 32.0 Å². The topological polar surface area (TPSA) is 75.9 Å². The Labute approximate surface area is 158 Å². The molecule has 3 aromatic rings. The lowest BCUT2D eigenvalue weighted by molar-refractivity contribution is -0.117. The predicted octanol–water partition coefficient (Wildman–Crippen LogP) is 3.98. The highest BCUT2D eigenvalue weighted by molar-refractivity contribution is 6.05. The van der Waals surface area contributed by atoms with Crippen LogP contribution in [0.15, 0.2) is 30.7 Å². The summed E-state index contributed by atoms with van der Waals surface area (Å²) < 4.78 is 2.24. The number of aryl methyl sites for hydroxylation is 1. The first-order valence-electron chi connectivity index (χ1n) is 9.44. The zero-order valence-corrected chi connectivity index (χ0v) is 15.9. The number of hydrogen-bond donors (Lipinski definition) is 1. The minimum Gasteiger partial charge on any atom is -0.342 e. The van der Waals surface area contributed by atoms with Gasteiger partial charge in [-0.3, -0.25) is 4.79 Å². The molecule has 4 rings (SSSR count). The van der Waals surface area contributed by atoms with Crippen LogP contribution < -0.4 is 10.2 Å². The van der Waals surface area contributed by atoms with Gasteiger partial charge < -0.3 is 14.8 Å². The summed E-state index contributed by atoms with van der Waals surface area (Å²) in [6, 6.07) is 4.18. The van der Waals surface area contributed by atoms with E-state index in [1.807, 2.05) is 30.2 Å². The zero-order chi connectivity index (χ0) is 19.0. The number of rotatable bonds is 5. The fourth-order valence-corrected chi connectivity index (χ4v) is 3.53. The van der Waals surface area contributed by atoms with Gasteiger partial charge in [0.2, 0.25) is 5.91 Å². The molecule has 4 heterocycles. The maximum Gasteiger partial charge on any atom is 0.227 e. The molecule has 1 aliphatic rings. The standard InChI is InChI=1S/C20H24N6O/c1-4-13(2)26-12-17(25-9-5-6-20(25)27)15-11-22-19(10-16(15)26)24-18-7-8-21-14(3)23-18/h7-8,10-13H,4-6,9H2,1-3H3,(H,21,22,23,24). The molecule has 0 saturated carbocycles. The average Bonchev–Trinajstić information content (AvgIpc) is 3.24. The Morgan fingerprint density at radius 3 is 2.85 bits per heavy atom. The van der Waals surface area contributed by atoms with Crippen molar-refractivity contribution in [2.24, 2.45) is 0 Å². The highest BCUT2D eigenvalue weighted by Gasteiger charge is 2.26. The maximum absolute atomic E-state index is 12.3. The van der Waals surface area contributed by atoms with Gasteiger partial charge in [-0.2, -0.15) is 0 Å². The molecule has 1 atom stereocenters. The first-order valence-corrected chi connectivity index (χ1v) is 9.44. The summed E-state index contributed by atoms with van der Waals surface area (Å²) in [6.45, 7) is 6.99. The Bertz CT molecular complexity index is 995. The second-order valence-corrected chi connectivity index (χ2v) is 7.03. The van der Waals surface area contributed by atoms with E-state index in [4.69, 9.17) is 0 Å². The largest absolute Gasteiger partial charge is 0.342 e. The number of carbonyl (C=O) groups excluding carboxylic acids is 1. The number of fused-ring (bicyclic) bond motifs is 1. The third-order valence-electron chi connectivity index (χ3n) is 5.16. The summed E-state index contributed by atoms with van der Waals surface area (Å²) in [5.41, 5.74) is 2.03. The van der Waals surface area contributed by atoms with E-state index in [9.17, 15) is 4.79 Å². The molecule has 7 heteroatoms. The van der Waals surface area contributed by atoms with Crippen molar-refractivity contribution in [1.29, 1.82) is 0 Å². The number of pyridine rings is 1. The lowest BCUT2D eigenvalue weighted by atomic mass is 10.2. The van der Waals surface area contributed by atoms with Crippen molar-refractivity contribution in [2.45, 2.75) is 46.1 Å².